The molecule has 30 heavy (non-hydrogen) atoms. The molecule has 0 saturated heterocycles. The van der Waals surface area contributed by atoms with E-state index in [0.717, 1.165) is 35.4 Å². The third-order valence-electron chi connectivity index (χ3n) is 6.01. The van der Waals surface area contributed by atoms with Crippen molar-refractivity contribution in [1.29, 1.82) is 0 Å². The van der Waals surface area contributed by atoms with Crippen LogP contribution in [0.25, 0.3) is 10.2 Å². The minimum atomic E-state index is -0.390. The van der Waals surface area contributed by atoms with E-state index < -0.39 is 5.97 Å². The van der Waals surface area contributed by atoms with Crippen LogP contribution in [0.15, 0.2) is 16.9 Å². The third-order valence-corrected chi connectivity index (χ3v) is 7.17. The predicted octanol–water partition coefficient (Wildman–Crippen LogP) is 4.98. The highest BCUT2D eigenvalue weighted by Crippen LogP contribution is 2.30. The van der Waals surface area contributed by atoms with E-state index in [-0.39, 0.29) is 17.6 Å². The fraction of sp³-hybridized carbons (Fsp3) is 0.458. The van der Waals surface area contributed by atoms with Crippen LogP contribution in [0.1, 0.15) is 70.5 Å². The van der Waals surface area contributed by atoms with E-state index in [1.165, 1.54) is 16.9 Å². The van der Waals surface area contributed by atoms with Crippen molar-refractivity contribution in [1.82, 2.24) is 9.55 Å². The molecular weight excluding hydrogens is 396 g/mol. The molecule has 0 spiro atoms. The summed E-state index contributed by atoms with van der Waals surface area (Å²) in [5, 5.41) is 0.555. The Labute approximate surface area is 180 Å². The summed E-state index contributed by atoms with van der Waals surface area (Å²) in [4.78, 5) is 31.5. The molecule has 1 aliphatic heterocycles. The molecule has 3 heterocycles. The molecule has 4 rings (SSSR count). The largest absolute Gasteiger partial charge is 0.457 e. The Morgan fingerprint density at radius 1 is 1.20 bits per heavy atom. The number of thiophene rings is 1. The van der Waals surface area contributed by atoms with E-state index in [1.54, 1.807) is 4.57 Å². The number of fused-ring (bicyclic) bond motifs is 2. The Balaban J connectivity index is 1.61. The van der Waals surface area contributed by atoms with Gasteiger partial charge in [-0.3, -0.25) is 9.36 Å². The quantitative estimate of drug-likeness (QED) is 0.556. The number of carbonyl (C=O) groups excluding carboxylic acids is 1. The van der Waals surface area contributed by atoms with Gasteiger partial charge in [-0.25, -0.2) is 9.78 Å². The van der Waals surface area contributed by atoms with Crippen LogP contribution in [-0.2, 0) is 29.7 Å². The molecule has 0 unspecified atom stereocenters. The Bertz CT molecular complexity index is 1200. The Kier molecular flexibility index (Phi) is 5.09. The van der Waals surface area contributed by atoms with Gasteiger partial charge in [-0.05, 0) is 60.4 Å². The maximum atomic E-state index is 12.9. The lowest BCUT2D eigenvalue weighted by atomic mass is 9.84. The lowest BCUT2D eigenvalue weighted by molar-refractivity contribution is 0.0476. The van der Waals surface area contributed by atoms with Crippen molar-refractivity contribution in [3.05, 3.63) is 61.0 Å². The van der Waals surface area contributed by atoms with Crippen molar-refractivity contribution in [3.8, 4) is 0 Å². The number of hydrogen-bond donors (Lipinski definition) is 0. The second-order valence-corrected chi connectivity index (χ2v) is 10.2. The Morgan fingerprint density at radius 2 is 1.87 bits per heavy atom. The van der Waals surface area contributed by atoms with Crippen molar-refractivity contribution >= 4 is 27.5 Å². The maximum Gasteiger partial charge on any atom is 0.349 e. The number of carbonyl (C=O) groups is 1. The highest BCUT2D eigenvalue weighted by atomic mass is 32.1. The average Bonchev–Trinajstić information content (AvgIpc) is 3.25. The average molecular weight is 425 g/mol. The van der Waals surface area contributed by atoms with Gasteiger partial charge in [-0.2, -0.15) is 0 Å². The molecule has 0 fully saturated rings. The van der Waals surface area contributed by atoms with Crippen LogP contribution in [0, 0.1) is 20.8 Å². The minimum absolute atomic E-state index is 0.0373. The number of hydrogen-bond acceptors (Lipinski definition) is 5. The minimum Gasteiger partial charge on any atom is -0.457 e. The molecule has 3 aromatic rings. The molecule has 2 aromatic heterocycles. The van der Waals surface area contributed by atoms with Gasteiger partial charge in [0.1, 0.15) is 22.1 Å². The van der Waals surface area contributed by atoms with Crippen molar-refractivity contribution in [2.24, 2.45) is 0 Å². The smallest absolute Gasteiger partial charge is 0.349 e. The first-order chi connectivity index (χ1) is 14.1. The zero-order chi connectivity index (χ0) is 21.8. The van der Waals surface area contributed by atoms with Gasteiger partial charge in [-0.15, -0.1) is 11.3 Å². The molecular formula is C24H28N2O3S. The van der Waals surface area contributed by atoms with Gasteiger partial charge >= 0.3 is 5.97 Å². The first-order valence-corrected chi connectivity index (χ1v) is 11.2. The number of rotatable bonds is 3. The molecule has 0 amide bonds. The van der Waals surface area contributed by atoms with E-state index >= 15 is 0 Å². The highest BCUT2D eigenvalue weighted by Gasteiger charge is 2.24. The number of aromatic nitrogens is 2. The summed E-state index contributed by atoms with van der Waals surface area (Å²) in [6.45, 7) is 13.4. The molecule has 0 radical (unpaired) electrons. The molecule has 1 aliphatic rings. The molecule has 0 bridgehead atoms. The second kappa shape index (κ2) is 7.34. The van der Waals surface area contributed by atoms with Gasteiger partial charge in [-0.1, -0.05) is 32.9 Å². The fourth-order valence-corrected chi connectivity index (χ4v) is 5.21. The summed E-state index contributed by atoms with van der Waals surface area (Å²) in [5.74, 6) is 0.428. The summed E-state index contributed by atoms with van der Waals surface area (Å²) >= 11 is 1.26. The maximum absolute atomic E-state index is 12.9. The zero-order valence-electron chi connectivity index (χ0n) is 18.5. The molecule has 0 N–H and O–H groups in total. The molecule has 5 nitrogen and oxygen atoms in total. The van der Waals surface area contributed by atoms with Gasteiger partial charge in [0.15, 0.2) is 0 Å². The topological polar surface area (TPSA) is 61.2 Å². The summed E-state index contributed by atoms with van der Waals surface area (Å²) < 4.78 is 7.42. The monoisotopic (exact) mass is 424 g/mol. The summed E-state index contributed by atoms with van der Waals surface area (Å²) in [6.07, 6.45) is 1.76. The molecule has 158 valence electrons. The van der Waals surface area contributed by atoms with E-state index in [1.807, 2.05) is 6.92 Å². The molecule has 0 aliphatic carbocycles. The lowest BCUT2D eigenvalue weighted by Gasteiger charge is -2.22. The van der Waals surface area contributed by atoms with Crippen LogP contribution in [0.4, 0.5) is 0 Å². The zero-order valence-corrected chi connectivity index (χ0v) is 19.3. The van der Waals surface area contributed by atoms with Crippen LogP contribution in [0.2, 0.25) is 0 Å². The Hall–Kier alpha value is -2.47. The summed E-state index contributed by atoms with van der Waals surface area (Å²) in [6, 6.07) is 4.35. The first-order valence-electron chi connectivity index (χ1n) is 10.4. The second-order valence-electron chi connectivity index (χ2n) is 9.24. The number of benzene rings is 1. The standard InChI is InChI=1S/C24H28N2O3S/c1-13-10-16(24(4,5)6)11-14(2)17(13)12-29-23(28)20-15(3)19-21(30-20)25-18-8-7-9-26(18)22(19)27/h10-11H,7-9,12H2,1-6H3. The first kappa shape index (κ1) is 20.8. The van der Waals surface area contributed by atoms with Crippen LogP contribution >= 0.6 is 11.3 Å². The van der Waals surface area contributed by atoms with Gasteiger partial charge < -0.3 is 4.74 Å². The van der Waals surface area contributed by atoms with E-state index in [0.29, 0.717) is 27.2 Å². The fourth-order valence-electron chi connectivity index (χ4n) is 4.13. The van der Waals surface area contributed by atoms with Crippen molar-refractivity contribution in [2.45, 2.75) is 73.0 Å². The third kappa shape index (κ3) is 3.47. The highest BCUT2D eigenvalue weighted by molar-refractivity contribution is 7.20. The normalized spacial score (nSPS) is 13.7. The van der Waals surface area contributed by atoms with Gasteiger partial charge in [0.05, 0.1) is 5.39 Å². The van der Waals surface area contributed by atoms with E-state index in [2.05, 4.69) is 51.7 Å². The van der Waals surface area contributed by atoms with Gasteiger partial charge in [0, 0.05) is 13.0 Å². The number of nitrogens with zero attached hydrogens (tertiary/aromatic N) is 2. The number of ether oxygens (including phenoxy) is 1. The number of esters is 1. The van der Waals surface area contributed by atoms with E-state index in [9.17, 15) is 9.59 Å². The lowest BCUT2D eigenvalue weighted by Crippen LogP contribution is -2.20. The SMILES string of the molecule is Cc1cc(C(C)(C)C)cc(C)c1COC(=O)c1sc2nc3n(c(=O)c2c1C)CCC3. The van der Waals surface area contributed by atoms with Crippen molar-refractivity contribution in [3.63, 3.8) is 0 Å². The summed E-state index contributed by atoms with van der Waals surface area (Å²) in [5.41, 5.74) is 5.26. The number of aryl methyl sites for hydroxylation is 4. The Morgan fingerprint density at radius 3 is 2.50 bits per heavy atom. The van der Waals surface area contributed by atoms with Crippen molar-refractivity contribution in [2.75, 3.05) is 0 Å². The molecule has 0 saturated carbocycles. The van der Waals surface area contributed by atoms with E-state index in [4.69, 9.17) is 4.74 Å². The summed E-state index contributed by atoms with van der Waals surface area (Å²) in [7, 11) is 0. The van der Waals surface area contributed by atoms with Crippen molar-refractivity contribution < 1.29 is 9.53 Å². The van der Waals surface area contributed by atoms with Crippen LogP contribution in [0.5, 0.6) is 0 Å². The predicted molar refractivity (Wildman–Crippen MR) is 121 cm³/mol. The molecule has 6 heteroatoms. The van der Waals surface area contributed by atoms with Crippen LogP contribution in [-0.4, -0.2) is 15.5 Å². The molecule has 1 aromatic carbocycles. The van der Waals surface area contributed by atoms with Crippen LogP contribution in [0.3, 0.4) is 0 Å². The van der Waals surface area contributed by atoms with Crippen LogP contribution < -0.4 is 5.56 Å². The van der Waals surface area contributed by atoms with Gasteiger partial charge in [0.25, 0.3) is 5.56 Å². The molecule has 0 atom stereocenters. The van der Waals surface area contributed by atoms with Gasteiger partial charge in [0.2, 0.25) is 0 Å².